The average Bonchev–Trinajstić information content (AvgIpc) is 3.49. The molecule has 5 nitrogen and oxygen atoms in total. The molecule has 7 heteroatoms. The maximum atomic E-state index is 13.0. The third-order valence-corrected chi connectivity index (χ3v) is 7.39. The molecule has 1 aliphatic carbocycles. The molecule has 1 amide bonds. The van der Waals surface area contributed by atoms with Crippen LogP contribution in [0.5, 0.6) is 0 Å². The average molecular weight is 544 g/mol. The van der Waals surface area contributed by atoms with Crippen LogP contribution in [0.2, 0.25) is 5.02 Å². The van der Waals surface area contributed by atoms with Crippen LogP contribution in [0.1, 0.15) is 58.3 Å². The number of hydrogen-bond acceptors (Lipinski definition) is 3. The van der Waals surface area contributed by atoms with E-state index in [4.69, 9.17) is 17.3 Å². The van der Waals surface area contributed by atoms with E-state index in [1.807, 2.05) is 6.07 Å². The number of amides is 1. The molecule has 3 N–H and O–H groups in total. The standard InChI is InChI=1S/C27H32BrClN4O/c28-21-17-19-7-5-8-22(19)20(18-21)11-12-23-24(9-6-10-25(23)29)26(34)32-27(30)31-13-1-2-14-33-15-3-4-16-33/h5-7,9-10,17-18H,1-4,8,11-16H2,(H3,30,31,32,34). The molecule has 180 valence electrons. The molecule has 0 radical (unpaired) electrons. The van der Waals surface area contributed by atoms with E-state index in [9.17, 15) is 4.79 Å². The Morgan fingerprint density at radius 2 is 2.00 bits per heavy atom. The van der Waals surface area contributed by atoms with Crippen LogP contribution in [-0.2, 0) is 19.3 Å². The van der Waals surface area contributed by atoms with Gasteiger partial charge >= 0.3 is 0 Å². The van der Waals surface area contributed by atoms with Gasteiger partial charge in [-0.2, -0.15) is 0 Å². The van der Waals surface area contributed by atoms with Crippen molar-refractivity contribution in [1.82, 2.24) is 10.2 Å². The summed E-state index contributed by atoms with van der Waals surface area (Å²) < 4.78 is 1.06. The van der Waals surface area contributed by atoms with Crippen LogP contribution in [0.3, 0.4) is 0 Å². The highest BCUT2D eigenvalue weighted by atomic mass is 79.9. The lowest BCUT2D eigenvalue weighted by molar-refractivity contribution is 0.0975. The Bertz CT molecular complexity index is 1090. The number of benzene rings is 2. The third kappa shape index (κ3) is 6.49. The Hall–Kier alpha value is -2.15. The fourth-order valence-electron chi connectivity index (χ4n) is 4.80. The summed E-state index contributed by atoms with van der Waals surface area (Å²) in [6.45, 7) is 4.16. The first-order valence-electron chi connectivity index (χ1n) is 12.1. The number of fused-ring (bicyclic) bond motifs is 1. The maximum absolute atomic E-state index is 13.0. The minimum absolute atomic E-state index is 0.160. The third-order valence-electron chi connectivity index (χ3n) is 6.57. The number of halogens is 2. The van der Waals surface area contributed by atoms with Gasteiger partial charge in [0, 0.05) is 21.6 Å². The number of likely N-dealkylation sites (tertiary alicyclic amines) is 1. The molecule has 34 heavy (non-hydrogen) atoms. The first-order chi connectivity index (χ1) is 16.5. The van der Waals surface area contributed by atoms with E-state index >= 15 is 0 Å². The molecule has 1 fully saturated rings. The number of guanidine groups is 1. The van der Waals surface area contributed by atoms with Gasteiger partial charge in [-0.15, -0.1) is 0 Å². The normalized spacial score (nSPS) is 15.6. The van der Waals surface area contributed by atoms with E-state index in [1.165, 1.54) is 42.6 Å². The Morgan fingerprint density at radius 1 is 1.18 bits per heavy atom. The Kier molecular flexibility index (Phi) is 8.81. The van der Waals surface area contributed by atoms with Crippen molar-refractivity contribution in [1.29, 1.82) is 0 Å². The zero-order valence-electron chi connectivity index (χ0n) is 19.5. The molecule has 0 saturated carbocycles. The number of nitrogens with two attached hydrogens (primary N) is 1. The van der Waals surface area contributed by atoms with Crippen molar-refractivity contribution in [3.8, 4) is 0 Å². The molecule has 2 aromatic carbocycles. The van der Waals surface area contributed by atoms with E-state index in [2.05, 4.69) is 55.4 Å². The van der Waals surface area contributed by atoms with Gasteiger partial charge in [0.1, 0.15) is 0 Å². The van der Waals surface area contributed by atoms with Gasteiger partial charge in [0.15, 0.2) is 5.96 Å². The lowest BCUT2D eigenvalue weighted by Gasteiger charge is -2.14. The van der Waals surface area contributed by atoms with Crippen molar-refractivity contribution in [3.05, 3.63) is 73.7 Å². The number of carbonyl (C=O) groups is 1. The highest BCUT2D eigenvalue weighted by molar-refractivity contribution is 9.10. The van der Waals surface area contributed by atoms with Gasteiger partial charge < -0.3 is 10.6 Å². The molecule has 1 heterocycles. The Morgan fingerprint density at radius 3 is 2.82 bits per heavy atom. The summed E-state index contributed by atoms with van der Waals surface area (Å²) in [7, 11) is 0. The molecule has 0 atom stereocenters. The summed E-state index contributed by atoms with van der Waals surface area (Å²) in [5.41, 5.74) is 11.3. The molecule has 0 aromatic heterocycles. The second-order valence-corrected chi connectivity index (χ2v) is 10.3. The van der Waals surface area contributed by atoms with Crippen LogP contribution in [0.15, 0.2) is 45.9 Å². The van der Waals surface area contributed by atoms with Crippen molar-refractivity contribution in [2.75, 3.05) is 26.2 Å². The van der Waals surface area contributed by atoms with Gasteiger partial charge in [0.05, 0.1) is 0 Å². The molecule has 2 aliphatic rings. The highest BCUT2D eigenvalue weighted by Crippen LogP contribution is 2.30. The van der Waals surface area contributed by atoms with Gasteiger partial charge in [0.25, 0.3) is 5.91 Å². The molecular weight excluding hydrogens is 512 g/mol. The van der Waals surface area contributed by atoms with Crippen molar-refractivity contribution in [2.24, 2.45) is 10.7 Å². The van der Waals surface area contributed by atoms with Crippen LogP contribution < -0.4 is 11.1 Å². The van der Waals surface area contributed by atoms with Crippen LogP contribution in [0, 0.1) is 0 Å². The second kappa shape index (κ2) is 12.0. The summed E-state index contributed by atoms with van der Waals surface area (Å²) in [6.07, 6.45) is 11.4. The number of nitrogens with zero attached hydrogens (tertiary/aromatic N) is 2. The van der Waals surface area contributed by atoms with Crippen LogP contribution in [0.4, 0.5) is 0 Å². The minimum atomic E-state index is -0.267. The van der Waals surface area contributed by atoms with Gasteiger partial charge in [0.2, 0.25) is 0 Å². The fraction of sp³-hybridized carbons (Fsp3) is 0.407. The second-order valence-electron chi connectivity index (χ2n) is 8.98. The quantitative estimate of drug-likeness (QED) is 0.253. The van der Waals surface area contributed by atoms with E-state index in [0.717, 1.165) is 42.3 Å². The summed E-state index contributed by atoms with van der Waals surface area (Å²) in [4.78, 5) is 19.8. The number of allylic oxidation sites excluding steroid dienone is 1. The van der Waals surface area contributed by atoms with Gasteiger partial charge in [-0.25, -0.2) is 0 Å². The first kappa shape index (κ1) is 25.0. The molecule has 4 rings (SSSR count). The van der Waals surface area contributed by atoms with Gasteiger partial charge in [-0.05, 0) is 111 Å². The fourth-order valence-corrected chi connectivity index (χ4v) is 5.59. The van der Waals surface area contributed by atoms with Crippen LogP contribution in [-0.4, -0.2) is 42.9 Å². The molecule has 1 aliphatic heterocycles. The first-order valence-corrected chi connectivity index (χ1v) is 13.3. The largest absolute Gasteiger partial charge is 0.370 e. The van der Waals surface area contributed by atoms with Crippen molar-refractivity contribution in [3.63, 3.8) is 0 Å². The molecule has 1 saturated heterocycles. The van der Waals surface area contributed by atoms with E-state index in [1.54, 1.807) is 12.1 Å². The summed E-state index contributed by atoms with van der Waals surface area (Å²) in [5.74, 6) is -0.107. The predicted molar refractivity (Wildman–Crippen MR) is 145 cm³/mol. The summed E-state index contributed by atoms with van der Waals surface area (Å²) >= 11 is 10.1. The maximum Gasteiger partial charge on any atom is 0.258 e. The highest BCUT2D eigenvalue weighted by Gasteiger charge is 2.17. The van der Waals surface area contributed by atoms with Crippen LogP contribution in [0.25, 0.3) is 6.08 Å². The number of unbranched alkanes of at least 4 members (excludes halogenated alkanes) is 1. The van der Waals surface area contributed by atoms with Gasteiger partial charge in [-0.1, -0.05) is 45.7 Å². The van der Waals surface area contributed by atoms with E-state index in [0.29, 0.717) is 23.6 Å². The summed E-state index contributed by atoms with van der Waals surface area (Å²) in [5, 5.41) is 3.34. The number of aryl methyl sites for hydroxylation is 1. The molecule has 2 aromatic rings. The molecule has 0 spiro atoms. The van der Waals surface area contributed by atoms with Crippen molar-refractivity contribution < 1.29 is 4.79 Å². The summed E-state index contributed by atoms with van der Waals surface area (Å²) in [6, 6.07) is 9.74. The SMILES string of the molecule is NC(=NCCCCN1CCCC1)NC(=O)c1cccc(Cl)c1CCc1cc(Br)cc2c1CC=C2. The molecule has 0 bridgehead atoms. The van der Waals surface area contributed by atoms with Gasteiger partial charge in [-0.3, -0.25) is 15.1 Å². The van der Waals surface area contributed by atoms with Crippen LogP contribution >= 0.6 is 27.5 Å². The number of aliphatic imine (C=N–C) groups is 1. The van der Waals surface area contributed by atoms with Crippen molar-refractivity contribution >= 4 is 45.5 Å². The van der Waals surface area contributed by atoms with Crippen molar-refractivity contribution in [2.45, 2.75) is 44.9 Å². The Balaban J connectivity index is 1.35. The lowest BCUT2D eigenvalue weighted by atomic mass is 9.95. The number of carbonyl (C=O) groups excluding carboxylic acids is 1. The lowest BCUT2D eigenvalue weighted by Crippen LogP contribution is -2.37. The zero-order valence-corrected chi connectivity index (χ0v) is 21.8. The predicted octanol–water partition coefficient (Wildman–Crippen LogP) is 5.38. The number of nitrogens with one attached hydrogen (secondary N) is 1. The smallest absolute Gasteiger partial charge is 0.258 e. The molecule has 0 unspecified atom stereocenters. The Labute approximate surface area is 215 Å². The van der Waals surface area contributed by atoms with E-state index < -0.39 is 0 Å². The number of rotatable bonds is 9. The van der Waals surface area contributed by atoms with E-state index in [-0.39, 0.29) is 11.9 Å². The zero-order chi connectivity index (χ0) is 23.9. The number of hydrogen-bond donors (Lipinski definition) is 2. The monoisotopic (exact) mass is 542 g/mol. The topological polar surface area (TPSA) is 70.7 Å². The minimum Gasteiger partial charge on any atom is -0.370 e. The molecular formula is C27H32BrClN4O.